The van der Waals surface area contributed by atoms with Crippen molar-refractivity contribution in [1.82, 2.24) is 4.98 Å². The smallest absolute Gasteiger partial charge is 0.330 e. The minimum absolute atomic E-state index is 0.119. The summed E-state index contributed by atoms with van der Waals surface area (Å²) in [7, 11) is 0. The van der Waals surface area contributed by atoms with Gasteiger partial charge in [0.1, 0.15) is 5.69 Å². The van der Waals surface area contributed by atoms with Gasteiger partial charge in [0.2, 0.25) is 5.91 Å². The highest BCUT2D eigenvalue weighted by Gasteiger charge is 2.20. The maximum Gasteiger partial charge on any atom is 0.348 e. The van der Waals surface area contributed by atoms with Crippen LogP contribution in [0.1, 0.15) is 48.2 Å². The second kappa shape index (κ2) is 10.5. The number of aryl methyl sites for hydroxylation is 1. The average Bonchev–Trinajstić information content (AvgIpc) is 3.02. The summed E-state index contributed by atoms with van der Waals surface area (Å²) in [6, 6.07) is 6.59. The number of nitrogens with one attached hydrogen (secondary N) is 2. The molecule has 1 heterocycles. The van der Waals surface area contributed by atoms with Crippen LogP contribution in [-0.4, -0.2) is 28.3 Å². The van der Waals surface area contributed by atoms with E-state index >= 15 is 0 Å². The lowest BCUT2D eigenvalue weighted by Crippen LogP contribution is -2.18. The Morgan fingerprint density at radius 1 is 1.18 bits per heavy atom. The van der Waals surface area contributed by atoms with Crippen LogP contribution in [0.3, 0.4) is 0 Å². The van der Waals surface area contributed by atoms with Crippen molar-refractivity contribution in [3.8, 4) is 0 Å². The van der Waals surface area contributed by atoms with E-state index in [9.17, 15) is 19.7 Å². The van der Waals surface area contributed by atoms with Crippen LogP contribution in [0.5, 0.6) is 0 Å². The molecule has 0 saturated carbocycles. The summed E-state index contributed by atoms with van der Waals surface area (Å²) in [6.45, 7) is 2.16. The molecule has 2 amide bonds. The lowest BCUT2D eigenvalue weighted by atomic mass is 10.1. The third-order valence-corrected chi connectivity index (χ3v) is 4.99. The molecule has 0 aliphatic heterocycles. The molecule has 2 aromatic rings. The van der Waals surface area contributed by atoms with Gasteiger partial charge in [0.15, 0.2) is 5.13 Å². The van der Waals surface area contributed by atoms with Gasteiger partial charge in [-0.1, -0.05) is 25.0 Å². The first-order valence-corrected chi connectivity index (χ1v) is 9.76. The van der Waals surface area contributed by atoms with Crippen LogP contribution in [0.15, 0.2) is 24.3 Å². The fourth-order valence-corrected chi connectivity index (χ4v) is 3.34. The first kappa shape index (κ1) is 21.5. The highest BCUT2D eigenvalue weighted by molar-refractivity contribution is 7.19. The number of para-hydroxylation sites is 1. The number of hydrogen-bond acceptors (Lipinski definition) is 7. The van der Waals surface area contributed by atoms with E-state index in [1.54, 1.807) is 24.3 Å². The van der Waals surface area contributed by atoms with E-state index < -0.39 is 10.8 Å². The van der Waals surface area contributed by atoms with Crippen LogP contribution in [0, 0.1) is 17.0 Å². The van der Waals surface area contributed by atoms with Crippen LogP contribution in [0.2, 0.25) is 0 Å². The van der Waals surface area contributed by atoms with Gasteiger partial charge in [-0.05, 0) is 49.8 Å². The van der Waals surface area contributed by atoms with Crippen molar-refractivity contribution in [2.75, 3.05) is 17.2 Å². The summed E-state index contributed by atoms with van der Waals surface area (Å²) in [4.78, 5) is 39.1. The van der Waals surface area contributed by atoms with E-state index in [4.69, 9.17) is 5.73 Å². The summed E-state index contributed by atoms with van der Waals surface area (Å²) in [5.41, 5.74) is 6.32. The molecule has 0 bridgehead atoms. The second-order valence-electron chi connectivity index (χ2n) is 6.17. The summed E-state index contributed by atoms with van der Waals surface area (Å²) < 4.78 is 0. The van der Waals surface area contributed by atoms with Crippen LogP contribution in [-0.2, 0) is 4.79 Å². The molecule has 0 atom stereocenters. The number of carbonyl (C=O) groups excluding carboxylic acids is 2. The SMILES string of the molecule is Cc1nc(NC(=O)c2ccccc2NC(=O)CCCCCCN)sc1[N+](=O)[O-]. The molecule has 4 N–H and O–H groups in total. The molecular formula is C18H23N5O4S. The summed E-state index contributed by atoms with van der Waals surface area (Å²) in [5.74, 6) is -0.670. The van der Waals surface area contributed by atoms with Crippen molar-refractivity contribution in [2.24, 2.45) is 5.73 Å². The highest BCUT2D eigenvalue weighted by Crippen LogP contribution is 2.30. The van der Waals surface area contributed by atoms with Gasteiger partial charge in [0.05, 0.1) is 16.2 Å². The topological polar surface area (TPSA) is 140 Å². The van der Waals surface area contributed by atoms with E-state index in [2.05, 4.69) is 15.6 Å². The Morgan fingerprint density at radius 3 is 2.57 bits per heavy atom. The number of nitrogens with two attached hydrogens (primary N) is 1. The third-order valence-electron chi connectivity index (χ3n) is 3.96. The first-order valence-electron chi connectivity index (χ1n) is 8.94. The molecule has 2 rings (SSSR count). The number of unbranched alkanes of at least 4 members (excludes halogenated alkanes) is 3. The quantitative estimate of drug-likeness (QED) is 0.314. The van der Waals surface area contributed by atoms with Crippen molar-refractivity contribution in [3.63, 3.8) is 0 Å². The fraction of sp³-hybridized carbons (Fsp3) is 0.389. The van der Waals surface area contributed by atoms with Gasteiger partial charge in [-0.25, -0.2) is 4.98 Å². The maximum atomic E-state index is 12.6. The predicted octanol–water partition coefficient (Wildman–Crippen LogP) is 3.46. The molecule has 9 nitrogen and oxygen atoms in total. The van der Waals surface area contributed by atoms with Crippen molar-refractivity contribution in [1.29, 1.82) is 0 Å². The molecule has 10 heteroatoms. The van der Waals surface area contributed by atoms with Crippen LogP contribution in [0.25, 0.3) is 0 Å². The zero-order valence-corrected chi connectivity index (χ0v) is 16.4. The number of thiazole rings is 1. The number of aromatic nitrogens is 1. The van der Waals surface area contributed by atoms with Crippen molar-refractivity contribution in [3.05, 3.63) is 45.6 Å². The number of nitro groups is 1. The standard InChI is InChI=1S/C18H23N5O4S/c1-12-17(23(26)27)28-18(20-12)22-16(25)13-8-5-6-9-14(13)21-15(24)10-4-2-3-7-11-19/h5-6,8-9H,2-4,7,10-11,19H2,1H3,(H,21,24)(H,20,22,25). The van der Waals surface area contributed by atoms with Crippen molar-refractivity contribution < 1.29 is 14.5 Å². The van der Waals surface area contributed by atoms with E-state index in [0.29, 0.717) is 18.7 Å². The third kappa shape index (κ3) is 6.10. The Bertz CT molecular complexity index is 852. The number of anilines is 2. The normalized spacial score (nSPS) is 10.5. The molecule has 1 aromatic heterocycles. The molecule has 0 saturated heterocycles. The zero-order chi connectivity index (χ0) is 20.5. The number of nitrogens with zero attached hydrogens (tertiary/aromatic N) is 2. The second-order valence-corrected chi connectivity index (χ2v) is 7.14. The van der Waals surface area contributed by atoms with Crippen molar-refractivity contribution >= 4 is 39.0 Å². The van der Waals surface area contributed by atoms with Crippen LogP contribution >= 0.6 is 11.3 Å². The van der Waals surface area contributed by atoms with Gasteiger partial charge < -0.3 is 11.1 Å². The maximum absolute atomic E-state index is 12.6. The van der Waals surface area contributed by atoms with E-state index in [1.165, 1.54) is 6.92 Å². The Kier molecular flexibility index (Phi) is 8.02. The number of amides is 2. The Labute approximate surface area is 166 Å². The van der Waals surface area contributed by atoms with Gasteiger partial charge >= 0.3 is 5.00 Å². The van der Waals surface area contributed by atoms with Gasteiger partial charge in [0, 0.05) is 6.42 Å². The molecule has 150 valence electrons. The lowest BCUT2D eigenvalue weighted by molar-refractivity contribution is -0.380. The van der Waals surface area contributed by atoms with Gasteiger partial charge in [0.25, 0.3) is 5.91 Å². The van der Waals surface area contributed by atoms with Crippen LogP contribution in [0.4, 0.5) is 15.8 Å². The molecule has 0 radical (unpaired) electrons. The molecule has 1 aromatic carbocycles. The molecular weight excluding hydrogens is 382 g/mol. The van der Waals surface area contributed by atoms with Gasteiger partial charge in [-0.15, -0.1) is 0 Å². The monoisotopic (exact) mass is 405 g/mol. The molecule has 0 spiro atoms. The summed E-state index contributed by atoms with van der Waals surface area (Å²) in [5, 5.41) is 16.2. The van der Waals surface area contributed by atoms with E-state index in [1.807, 2.05) is 0 Å². The molecule has 0 aliphatic rings. The Morgan fingerprint density at radius 2 is 1.89 bits per heavy atom. The Hall–Kier alpha value is -2.85. The van der Waals surface area contributed by atoms with E-state index in [0.717, 1.165) is 37.0 Å². The molecule has 0 aliphatic carbocycles. The van der Waals surface area contributed by atoms with Gasteiger partial charge in [-0.3, -0.25) is 25.0 Å². The molecule has 28 heavy (non-hydrogen) atoms. The number of rotatable bonds is 10. The fourth-order valence-electron chi connectivity index (χ4n) is 2.56. The minimum Gasteiger partial charge on any atom is -0.330 e. The molecule has 0 unspecified atom stereocenters. The molecule has 0 fully saturated rings. The number of hydrogen-bond donors (Lipinski definition) is 3. The highest BCUT2D eigenvalue weighted by atomic mass is 32.1. The minimum atomic E-state index is -0.537. The average molecular weight is 405 g/mol. The Balaban J connectivity index is 2.00. The first-order chi connectivity index (χ1) is 13.4. The lowest BCUT2D eigenvalue weighted by Gasteiger charge is -2.10. The van der Waals surface area contributed by atoms with Gasteiger partial charge in [-0.2, -0.15) is 0 Å². The van der Waals surface area contributed by atoms with Crippen LogP contribution < -0.4 is 16.4 Å². The predicted molar refractivity (Wildman–Crippen MR) is 109 cm³/mol. The summed E-state index contributed by atoms with van der Waals surface area (Å²) in [6.07, 6.45) is 3.97. The number of carbonyl (C=O) groups is 2. The van der Waals surface area contributed by atoms with E-state index in [-0.39, 0.29) is 27.3 Å². The number of benzene rings is 1. The summed E-state index contributed by atoms with van der Waals surface area (Å²) >= 11 is 0.789. The zero-order valence-electron chi connectivity index (χ0n) is 15.6. The van der Waals surface area contributed by atoms with Crippen molar-refractivity contribution in [2.45, 2.75) is 39.0 Å². The largest absolute Gasteiger partial charge is 0.348 e.